The van der Waals surface area contributed by atoms with Gasteiger partial charge in [-0.1, -0.05) is 23.1 Å². The first-order valence-corrected chi connectivity index (χ1v) is 8.94. The Kier molecular flexibility index (Phi) is 4.50. The number of benzene rings is 1. The molecule has 2 N–H and O–H groups in total. The van der Waals surface area contributed by atoms with Crippen LogP contribution in [0, 0.1) is 25.7 Å². The highest BCUT2D eigenvalue weighted by Gasteiger charge is 2.10. The average Bonchev–Trinajstić information content (AvgIpc) is 3.14. The van der Waals surface area contributed by atoms with E-state index in [1.165, 1.54) is 0 Å². The van der Waals surface area contributed by atoms with Crippen LogP contribution in [0.3, 0.4) is 0 Å². The molecule has 138 valence electrons. The van der Waals surface area contributed by atoms with Gasteiger partial charge in [-0.2, -0.15) is 0 Å². The number of aryl methyl sites for hydroxylation is 2. The summed E-state index contributed by atoms with van der Waals surface area (Å²) >= 11 is 0. The molecule has 6 heteroatoms. The standard InChI is InChI=1S/C22H19N5O/c1-13-4-6-16(7-5-14(2)19-10-15(3)28-27-19)11-18(13)22-25-12-17-8-9-24-21(23)20(17)26-22/h4,6,8-12,14H,1-3H3,(H2,23,24)/t14-/m0/s1. The molecule has 4 rings (SSSR count). The van der Waals surface area contributed by atoms with Gasteiger partial charge in [-0.25, -0.2) is 15.0 Å². The summed E-state index contributed by atoms with van der Waals surface area (Å²) < 4.78 is 5.13. The Morgan fingerprint density at radius 1 is 1.11 bits per heavy atom. The number of fused-ring (bicyclic) bond motifs is 1. The minimum atomic E-state index is -0.0232. The van der Waals surface area contributed by atoms with Crippen molar-refractivity contribution in [3.63, 3.8) is 0 Å². The molecule has 0 aliphatic carbocycles. The molecule has 6 nitrogen and oxygen atoms in total. The normalized spacial score (nSPS) is 11.8. The number of nitrogen functional groups attached to an aromatic ring is 1. The Bertz CT molecular complexity index is 1230. The number of nitrogens with zero attached hydrogens (tertiary/aromatic N) is 4. The molecule has 0 aliphatic heterocycles. The molecule has 28 heavy (non-hydrogen) atoms. The lowest BCUT2D eigenvalue weighted by Crippen LogP contribution is -1.97. The van der Waals surface area contributed by atoms with Gasteiger partial charge in [-0.3, -0.25) is 0 Å². The van der Waals surface area contributed by atoms with Crippen molar-refractivity contribution in [3.05, 3.63) is 65.3 Å². The van der Waals surface area contributed by atoms with Crippen LogP contribution in [0.5, 0.6) is 0 Å². The SMILES string of the molecule is Cc1cc([C@@H](C)C#Cc2ccc(C)c(-c3ncc4ccnc(N)c4n3)c2)no1. The van der Waals surface area contributed by atoms with Crippen LogP contribution in [0.15, 0.2) is 47.2 Å². The summed E-state index contributed by atoms with van der Waals surface area (Å²) in [7, 11) is 0. The first kappa shape index (κ1) is 17.7. The Morgan fingerprint density at radius 3 is 2.75 bits per heavy atom. The summed E-state index contributed by atoms with van der Waals surface area (Å²) in [6.07, 6.45) is 3.42. The van der Waals surface area contributed by atoms with Gasteiger partial charge in [0, 0.05) is 35.0 Å². The smallest absolute Gasteiger partial charge is 0.160 e. The van der Waals surface area contributed by atoms with Gasteiger partial charge in [0.25, 0.3) is 0 Å². The molecular weight excluding hydrogens is 350 g/mol. The van der Waals surface area contributed by atoms with Crippen LogP contribution >= 0.6 is 0 Å². The van der Waals surface area contributed by atoms with E-state index in [0.29, 0.717) is 17.2 Å². The van der Waals surface area contributed by atoms with E-state index in [2.05, 4.69) is 31.9 Å². The van der Waals surface area contributed by atoms with E-state index in [1.54, 1.807) is 12.4 Å². The molecule has 3 aromatic heterocycles. The van der Waals surface area contributed by atoms with Gasteiger partial charge in [0.2, 0.25) is 0 Å². The van der Waals surface area contributed by atoms with Gasteiger partial charge in [0.15, 0.2) is 5.82 Å². The van der Waals surface area contributed by atoms with Crippen molar-refractivity contribution in [3.8, 4) is 23.2 Å². The second-order valence-electron chi connectivity index (χ2n) is 6.71. The highest BCUT2D eigenvalue weighted by atomic mass is 16.5. The Balaban J connectivity index is 1.70. The molecule has 0 bridgehead atoms. The minimum Gasteiger partial charge on any atom is -0.382 e. The number of hydrogen-bond donors (Lipinski definition) is 1. The molecule has 4 aromatic rings. The lowest BCUT2D eigenvalue weighted by molar-refractivity contribution is 0.389. The Morgan fingerprint density at radius 2 is 1.96 bits per heavy atom. The maximum absolute atomic E-state index is 5.97. The maximum Gasteiger partial charge on any atom is 0.160 e. The minimum absolute atomic E-state index is 0.0232. The van der Waals surface area contributed by atoms with Crippen LogP contribution in [0.2, 0.25) is 0 Å². The fraction of sp³-hybridized carbons (Fsp3) is 0.182. The quantitative estimate of drug-likeness (QED) is 0.536. The molecular formula is C22H19N5O. The fourth-order valence-corrected chi connectivity index (χ4v) is 2.90. The monoisotopic (exact) mass is 369 g/mol. The lowest BCUT2D eigenvalue weighted by Gasteiger charge is -2.07. The summed E-state index contributed by atoms with van der Waals surface area (Å²) in [5.74, 6) is 8.19. The molecule has 0 saturated carbocycles. The molecule has 0 spiro atoms. The summed E-state index contributed by atoms with van der Waals surface area (Å²) in [4.78, 5) is 13.2. The van der Waals surface area contributed by atoms with E-state index >= 15 is 0 Å². The molecule has 1 aromatic carbocycles. The molecule has 1 atom stereocenters. The third-order valence-electron chi connectivity index (χ3n) is 4.53. The lowest BCUT2D eigenvalue weighted by atomic mass is 10.0. The van der Waals surface area contributed by atoms with E-state index in [4.69, 9.17) is 10.3 Å². The molecule has 0 amide bonds. The van der Waals surface area contributed by atoms with Gasteiger partial charge in [0.1, 0.15) is 17.1 Å². The second-order valence-corrected chi connectivity index (χ2v) is 6.71. The van der Waals surface area contributed by atoms with E-state index < -0.39 is 0 Å². The fourth-order valence-electron chi connectivity index (χ4n) is 2.90. The number of aromatic nitrogens is 4. The highest BCUT2D eigenvalue weighted by Crippen LogP contribution is 2.24. The van der Waals surface area contributed by atoms with Gasteiger partial charge in [-0.05, 0) is 44.5 Å². The molecule has 0 fully saturated rings. The summed E-state index contributed by atoms with van der Waals surface area (Å²) in [6, 6.07) is 9.75. The predicted molar refractivity (Wildman–Crippen MR) is 108 cm³/mol. The largest absolute Gasteiger partial charge is 0.382 e. The van der Waals surface area contributed by atoms with Crippen molar-refractivity contribution >= 4 is 16.7 Å². The van der Waals surface area contributed by atoms with Crippen LogP contribution in [-0.2, 0) is 0 Å². The topological polar surface area (TPSA) is 90.7 Å². The third kappa shape index (κ3) is 3.42. The third-order valence-corrected chi connectivity index (χ3v) is 4.53. The van der Waals surface area contributed by atoms with Crippen molar-refractivity contribution in [1.82, 2.24) is 20.1 Å². The zero-order chi connectivity index (χ0) is 19.7. The van der Waals surface area contributed by atoms with Crippen LogP contribution in [0.25, 0.3) is 22.3 Å². The van der Waals surface area contributed by atoms with Crippen molar-refractivity contribution in [2.24, 2.45) is 0 Å². The number of rotatable bonds is 2. The van der Waals surface area contributed by atoms with Gasteiger partial charge >= 0.3 is 0 Å². The van der Waals surface area contributed by atoms with Gasteiger partial charge in [0.05, 0.1) is 11.6 Å². The molecule has 0 unspecified atom stereocenters. The first-order valence-electron chi connectivity index (χ1n) is 8.94. The molecule has 0 saturated heterocycles. The van der Waals surface area contributed by atoms with Gasteiger partial charge < -0.3 is 10.3 Å². The average molecular weight is 369 g/mol. The van der Waals surface area contributed by atoms with Gasteiger partial charge in [-0.15, -0.1) is 0 Å². The van der Waals surface area contributed by atoms with E-state index in [0.717, 1.165) is 33.5 Å². The Labute approximate surface area is 162 Å². The zero-order valence-electron chi connectivity index (χ0n) is 15.9. The molecule has 0 radical (unpaired) electrons. The van der Waals surface area contributed by atoms with Crippen LogP contribution in [0.1, 0.15) is 35.4 Å². The summed E-state index contributed by atoms with van der Waals surface area (Å²) in [5, 5.41) is 4.89. The van der Waals surface area contributed by atoms with Crippen molar-refractivity contribution in [2.45, 2.75) is 26.7 Å². The van der Waals surface area contributed by atoms with E-state index in [1.807, 2.05) is 51.1 Å². The predicted octanol–water partition coefficient (Wildman–Crippen LogP) is 4.03. The number of hydrogen-bond acceptors (Lipinski definition) is 6. The zero-order valence-corrected chi connectivity index (χ0v) is 15.9. The van der Waals surface area contributed by atoms with E-state index in [9.17, 15) is 0 Å². The Hall–Kier alpha value is -3.72. The second kappa shape index (κ2) is 7.12. The van der Waals surface area contributed by atoms with Crippen LogP contribution in [-0.4, -0.2) is 20.1 Å². The maximum atomic E-state index is 5.97. The summed E-state index contributed by atoms with van der Waals surface area (Å²) in [5.41, 5.74) is 10.3. The van der Waals surface area contributed by atoms with Crippen molar-refractivity contribution in [1.29, 1.82) is 0 Å². The van der Waals surface area contributed by atoms with E-state index in [-0.39, 0.29) is 5.92 Å². The van der Waals surface area contributed by atoms with Crippen LogP contribution < -0.4 is 5.73 Å². The molecule has 0 aliphatic rings. The highest BCUT2D eigenvalue weighted by molar-refractivity contribution is 5.87. The summed E-state index contributed by atoms with van der Waals surface area (Å²) in [6.45, 7) is 5.89. The number of pyridine rings is 1. The number of anilines is 1. The van der Waals surface area contributed by atoms with Crippen molar-refractivity contribution < 1.29 is 4.52 Å². The molecule has 3 heterocycles. The first-order chi connectivity index (χ1) is 13.5. The van der Waals surface area contributed by atoms with Crippen molar-refractivity contribution in [2.75, 3.05) is 5.73 Å². The van der Waals surface area contributed by atoms with Crippen LogP contribution in [0.4, 0.5) is 5.82 Å². The number of nitrogens with two attached hydrogens (primary N) is 1.